The standard InChI is InChI=1S/C22H29NO4/c1-3-4-5-9-16-19-21(14-23(19)2)17(13-22(16)25-11-12-26-22)15-8-6-7-10-18(15)27-20(21)24/h6-8,10,16-17,19H,3-5,9,11-14H2,1-2H3. The Hall–Kier alpha value is -1.43. The molecular weight excluding hydrogens is 342 g/mol. The minimum absolute atomic E-state index is 0.0531. The fourth-order valence-electron chi connectivity index (χ4n) is 6.29. The lowest BCUT2D eigenvalue weighted by Gasteiger charge is -2.67. The van der Waals surface area contributed by atoms with Crippen molar-refractivity contribution in [2.75, 3.05) is 26.8 Å². The number of rotatable bonds is 4. The van der Waals surface area contributed by atoms with E-state index in [1.165, 1.54) is 12.8 Å². The Morgan fingerprint density at radius 1 is 1.19 bits per heavy atom. The minimum Gasteiger partial charge on any atom is -0.426 e. The van der Waals surface area contributed by atoms with Crippen LogP contribution in [0.3, 0.4) is 0 Å². The van der Waals surface area contributed by atoms with Gasteiger partial charge in [-0.15, -0.1) is 0 Å². The molecule has 1 aromatic rings. The van der Waals surface area contributed by atoms with Crippen molar-refractivity contribution in [2.24, 2.45) is 11.3 Å². The summed E-state index contributed by atoms with van der Waals surface area (Å²) in [5, 5.41) is 0. The Morgan fingerprint density at radius 2 is 1.96 bits per heavy atom. The molecular formula is C22H29NO4. The molecule has 146 valence electrons. The van der Waals surface area contributed by atoms with Gasteiger partial charge in [-0.05, 0) is 25.1 Å². The molecule has 0 bridgehead atoms. The van der Waals surface area contributed by atoms with Gasteiger partial charge in [0, 0.05) is 30.8 Å². The predicted octanol–water partition coefficient (Wildman–Crippen LogP) is 3.33. The highest BCUT2D eigenvalue weighted by molar-refractivity contribution is 5.86. The van der Waals surface area contributed by atoms with Crippen molar-refractivity contribution in [3.63, 3.8) is 0 Å². The highest BCUT2D eigenvalue weighted by Crippen LogP contribution is 2.65. The number of fused-ring (bicyclic) bond motifs is 2. The number of carbonyl (C=O) groups is 1. The molecule has 1 aromatic carbocycles. The van der Waals surface area contributed by atoms with Gasteiger partial charge in [0.1, 0.15) is 11.2 Å². The van der Waals surface area contributed by atoms with Crippen molar-refractivity contribution < 1.29 is 19.0 Å². The molecule has 2 spiro atoms. The number of likely N-dealkylation sites (tertiary alicyclic amines) is 1. The van der Waals surface area contributed by atoms with E-state index in [0.29, 0.717) is 19.0 Å². The van der Waals surface area contributed by atoms with Crippen LogP contribution in [-0.4, -0.2) is 49.5 Å². The van der Waals surface area contributed by atoms with Crippen LogP contribution in [0.2, 0.25) is 0 Å². The molecule has 1 saturated carbocycles. The van der Waals surface area contributed by atoms with E-state index >= 15 is 0 Å². The lowest BCUT2D eigenvalue weighted by molar-refractivity contribution is -0.285. The number of ether oxygens (including phenoxy) is 3. The molecule has 3 heterocycles. The maximum absolute atomic E-state index is 13.3. The lowest BCUT2D eigenvalue weighted by atomic mass is 9.49. The van der Waals surface area contributed by atoms with Crippen LogP contribution in [0.5, 0.6) is 5.75 Å². The second-order valence-electron chi connectivity index (χ2n) is 8.70. The number of esters is 1. The summed E-state index contributed by atoms with van der Waals surface area (Å²) < 4.78 is 18.5. The average Bonchev–Trinajstić information content (AvgIpc) is 3.12. The van der Waals surface area contributed by atoms with Crippen molar-refractivity contribution >= 4 is 5.97 Å². The molecule has 3 aliphatic heterocycles. The summed E-state index contributed by atoms with van der Waals surface area (Å²) in [6.45, 7) is 4.27. The maximum atomic E-state index is 13.3. The summed E-state index contributed by atoms with van der Waals surface area (Å²) in [6.07, 6.45) is 5.32. The SMILES string of the molecule is CCCCCC1C2N(C)CC23C(=O)Oc2ccccc2C3CC12OCCO2. The van der Waals surface area contributed by atoms with Crippen LogP contribution in [0.15, 0.2) is 24.3 Å². The van der Waals surface area contributed by atoms with Crippen molar-refractivity contribution in [1.29, 1.82) is 0 Å². The fourth-order valence-corrected chi connectivity index (χ4v) is 6.29. The monoisotopic (exact) mass is 371 g/mol. The molecule has 5 rings (SSSR count). The third-order valence-electron chi connectivity index (χ3n) is 7.34. The molecule has 4 atom stereocenters. The molecule has 2 saturated heterocycles. The van der Waals surface area contributed by atoms with Gasteiger partial charge in [0.15, 0.2) is 5.79 Å². The molecule has 0 aromatic heterocycles. The summed E-state index contributed by atoms with van der Waals surface area (Å²) in [4.78, 5) is 15.6. The van der Waals surface area contributed by atoms with Gasteiger partial charge in [0.2, 0.25) is 0 Å². The van der Waals surface area contributed by atoms with Gasteiger partial charge >= 0.3 is 5.97 Å². The summed E-state index contributed by atoms with van der Waals surface area (Å²) in [7, 11) is 2.13. The van der Waals surface area contributed by atoms with Crippen LogP contribution in [0, 0.1) is 11.3 Å². The first-order chi connectivity index (χ1) is 13.1. The lowest BCUT2D eigenvalue weighted by Crippen LogP contribution is -2.78. The highest BCUT2D eigenvalue weighted by atomic mass is 16.7. The Morgan fingerprint density at radius 3 is 2.70 bits per heavy atom. The quantitative estimate of drug-likeness (QED) is 0.462. The van der Waals surface area contributed by atoms with Gasteiger partial charge in [0.25, 0.3) is 0 Å². The molecule has 5 heteroatoms. The third kappa shape index (κ3) is 2.31. The van der Waals surface area contributed by atoms with Gasteiger partial charge in [-0.1, -0.05) is 44.4 Å². The number of hydrogen-bond acceptors (Lipinski definition) is 5. The van der Waals surface area contributed by atoms with Crippen molar-refractivity contribution in [1.82, 2.24) is 4.90 Å². The van der Waals surface area contributed by atoms with Crippen LogP contribution >= 0.6 is 0 Å². The van der Waals surface area contributed by atoms with Crippen LogP contribution in [0.1, 0.15) is 50.5 Å². The number of para-hydroxylation sites is 1. The summed E-state index contributed by atoms with van der Waals surface area (Å²) in [6, 6.07) is 8.12. The second kappa shape index (κ2) is 6.29. The normalized spacial score (nSPS) is 36.5. The molecule has 1 aliphatic carbocycles. The molecule has 0 amide bonds. The third-order valence-corrected chi connectivity index (χ3v) is 7.34. The Bertz CT molecular complexity index is 744. The number of carbonyl (C=O) groups excluding carboxylic acids is 1. The van der Waals surface area contributed by atoms with Crippen molar-refractivity contribution in [3.8, 4) is 5.75 Å². The first-order valence-electron chi connectivity index (χ1n) is 10.4. The van der Waals surface area contributed by atoms with Crippen LogP contribution in [0.4, 0.5) is 0 Å². The van der Waals surface area contributed by atoms with Crippen molar-refractivity contribution in [2.45, 2.75) is 56.8 Å². The van der Waals surface area contributed by atoms with Gasteiger partial charge < -0.3 is 19.1 Å². The second-order valence-corrected chi connectivity index (χ2v) is 8.70. The van der Waals surface area contributed by atoms with Crippen LogP contribution in [-0.2, 0) is 14.3 Å². The van der Waals surface area contributed by atoms with E-state index in [9.17, 15) is 4.79 Å². The molecule has 0 N–H and O–H groups in total. The van der Waals surface area contributed by atoms with E-state index < -0.39 is 11.2 Å². The molecule has 27 heavy (non-hydrogen) atoms. The van der Waals surface area contributed by atoms with Gasteiger partial charge in [-0.25, -0.2) is 0 Å². The summed E-state index contributed by atoms with van der Waals surface area (Å²) >= 11 is 0. The zero-order valence-corrected chi connectivity index (χ0v) is 16.3. The average molecular weight is 371 g/mol. The van der Waals surface area contributed by atoms with Gasteiger partial charge in [-0.2, -0.15) is 0 Å². The van der Waals surface area contributed by atoms with E-state index in [-0.39, 0.29) is 23.8 Å². The molecule has 4 aliphatic rings. The Labute approximate surface area is 161 Å². The van der Waals surface area contributed by atoms with Crippen molar-refractivity contribution in [3.05, 3.63) is 29.8 Å². The molecule has 3 fully saturated rings. The minimum atomic E-state index is -0.564. The highest BCUT2D eigenvalue weighted by Gasteiger charge is 2.73. The van der Waals surface area contributed by atoms with E-state index in [2.05, 4.69) is 24.9 Å². The van der Waals surface area contributed by atoms with Gasteiger partial charge in [0.05, 0.1) is 13.2 Å². The van der Waals surface area contributed by atoms with Crippen LogP contribution in [0.25, 0.3) is 0 Å². The summed E-state index contributed by atoms with van der Waals surface area (Å²) in [5.41, 5.74) is 0.682. The topological polar surface area (TPSA) is 48.0 Å². The number of benzene rings is 1. The maximum Gasteiger partial charge on any atom is 0.321 e. The zero-order chi connectivity index (χ0) is 18.6. The molecule has 4 unspecified atom stereocenters. The van der Waals surface area contributed by atoms with E-state index in [1.807, 2.05) is 18.2 Å². The van der Waals surface area contributed by atoms with E-state index in [1.54, 1.807) is 0 Å². The van der Waals surface area contributed by atoms with Gasteiger partial charge in [-0.3, -0.25) is 4.79 Å². The number of unbranched alkanes of at least 4 members (excludes halogenated alkanes) is 2. The Balaban J connectivity index is 1.59. The van der Waals surface area contributed by atoms with E-state index in [0.717, 1.165) is 31.4 Å². The number of nitrogens with zero attached hydrogens (tertiary/aromatic N) is 1. The predicted molar refractivity (Wildman–Crippen MR) is 101 cm³/mol. The zero-order valence-electron chi connectivity index (χ0n) is 16.3. The first-order valence-corrected chi connectivity index (χ1v) is 10.4. The molecule has 5 nitrogen and oxygen atoms in total. The van der Waals surface area contributed by atoms with E-state index in [4.69, 9.17) is 14.2 Å². The van der Waals surface area contributed by atoms with Crippen LogP contribution < -0.4 is 4.74 Å². The summed E-state index contributed by atoms with van der Waals surface area (Å²) in [5.74, 6) is 0.397. The smallest absolute Gasteiger partial charge is 0.321 e. The Kier molecular flexibility index (Phi) is 4.12. The number of hydrogen-bond donors (Lipinski definition) is 0. The fraction of sp³-hybridized carbons (Fsp3) is 0.682. The largest absolute Gasteiger partial charge is 0.426 e. The first kappa shape index (κ1) is 17.7. The molecule has 0 radical (unpaired) electrons.